The maximum Gasteiger partial charge on any atom is 0.207 e. The van der Waals surface area contributed by atoms with Gasteiger partial charge in [-0.3, -0.25) is 0 Å². The summed E-state index contributed by atoms with van der Waals surface area (Å²) in [5.41, 5.74) is 1.45. The minimum Gasteiger partial charge on any atom is -0.383 e. The van der Waals surface area contributed by atoms with Gasteiger partial charge < -0.3 is 14.6 Å². The number of ether oxygens (including phenoxy) is 1. The average Bonchev–Trinajstić information content (AvgIpc) is 2.75. The van der Waals surface area contributed by atoms with E-state index < -0.39 is 5.82 Å². The summed E-state index contributed by atoms with van der Waals surface area (Å²) in [5.74, 6) is 0.232. The van der Waals surface area contributed by atoms with Crippen LogP contribution in [0, 0.1) is 12.7 Å². The molecule has 0 amide bonds. The molecule has 1 unspecified atom stereocenters. The summed E-state index contributed by atoms with van der Waals surface area (Å²) in [4.78, 5) is 4.44. The molecule has 0 bridgehead atoms. The van der Waals surface area contributed by atoms with E-state index >= 15 is 0 Å². The van der Waals surface area contributed by atoms with E-state index in [2.05, 4.69) is 26.2 Å². The predicted molar refractivity (Wildman–Crippen MR) is 85.9 cm³/mol. The SMILES string of the molecule is COCC(C)n1cc(C)nc1Nc1c(Cl)cc(F)cc1Br. The van der Waals surface area contributed by atoms with Crippen molar-refractivity contribution in [2.24, 2.45) is 0 Å². The van der Waals surface area contributed by atoms with Crippen LogP contribution in [0.25, 0.3) is 0 Å². The Morgan fingerprint density at radius 1 is 1.52 bits per heavy atom. The van der Waals surface area contributed by atoms with Crippen LogP contribution in [-0.2, 0) is 4.74 Å². The molecule has 1 aromatic carbocycles. The van der Waals surface area contributed by atoms with E-state index in [4.69, 9.17) is 16.3 Å². The summed E-state index contributed by atoms with van der Waals surface area (Å²) in [6.45, 7) is 4.49. The molecule has 2 rings (SSSR count). The second-order valence-electron chi connectivity index (χ2n) is 4.79. The predicted octanol–water partition coefficient (Wildman–Crippen LogP) is 4.70. The third-order valence-corrected chi connectivity index (χ3v) is 3.90. The largest absolute Gasteiger partial charge is 0.383 e. The molecule has 114 valence electrons. The lowest BCUT2D eigenvalue weighted by molar-refractivity contribution is 0.163. The van der Waals surface area contributed by atoms with E-state index in [0.29, 0.717) is 22.7 Å². The normalized spacial score (nSPS) is 12.5. The molecule has 0 aliphatic heterocycles. The molecule has 4 nitrogen and oxygen atoms in total. The van der Waals surface area contributed by atoms with Gasteiger partial charge in [0.05, 0.1) is 29.1 Å². The van der Waals surface area contributed by atoms with E-state index in [9.17, 15) is 4.39 Å². The maximum atomic E-state index is 13.3. The fraction of sp³-hybridized carbons (Fsp3) is 0.357. The van der Waals surface area contributed by atoms with Crippen LogP contribution < -0.4 is 5.32 Å². The number of rotatable bonds is 5. The van der Waals surface area contributed by atoms with Crippen molar-refractivity contribution >= 4 is 39.2 Å². The van der Waals surface area contributed by atoms with Crippen LogP contribution in [0.1, 0.15) is 18.7 Å². The van der Waals surface area contributed by atoms with Gasteiger partial charge in [0.25, 0.3) is 0 Å². The fourth-order valence-corrected chi connectivity index (χ4v) is 2.94. The van der Waals surface area contributed by atoms with Crippen LogP contribution in [0.5, 0.6) is 0 Å². The number of benzene rings is 1. The van der Waals surface area contributed by atoms with Crippen LogP contribution in [0.15, 0.2) is 22.8 Å². The highest BCUT2D eigenvalue weighted by Gasteiger charge is 2.15. The summed E-state index contributed by atoms with van der Waals surface area (Å²) < 4.78 is 21.0. The van der Waals surface area contributed by atoms with Crippen molar-refractivity contribution in [2.75, 3.05) is 19.0 Å². The van der Waals surface area contributed by atoms with Gasteiger partial charge in [-0.05, 0) is 41.9 Å². The Balaban J connectivity index is 2.36. The molecule has 0 saturated heterocycles. The highest BCUT2D eigenvalue weighted by atomic mass is 79.9. The second-order valence-corrected chi connectivity index (χ2v) is 6.05. The number of nitrogens with one attached hydrogen (secondary N) is 1. The van der Waals surface area contributed by atoms with Gasteiger partial charge in [-0.25, -0.2) is 9.37 Å². The van der Waals surface area contributed by atoms with Gasteiger partial charge in [0, 0.05) is 17.8 Å². The van der Waals surface area contributed by atoms with E-state index in [1.807, 2.05) is 24.6 Å². The number of imidazole rings is 1. The number of aromatic nitrogens is 2. The van der Waals surface area contributed by atoms with E-state index in [-0.39, 0.29) is 11.1 Å². The molecule has 0 saturated carbocycles. The molecule has 0 fully saturated rings. The molecular formula is C14H16BrClFN3O. The summed E-state index contributed by atoms with van der Waals surface area (Å²) >= 11 is 9.40. The summed E-state index contributed by atoms with van der Waals surface area (Å²) in [7, 11) is 1.65. The minimum atomic E-state index is -0.398. The van der Waals surface area contributed by atoms with Gasteiger partial charge in [-0.15, -0.1) is 0 Å². The summed E-state index contributed by atoms with van der Waals surface area (Å²) in [5, 5.41) is 3.43. The van der Waals surface area contributed by atoms with Crippen molar-refractivity contribution in [1.82, 2.24) is 9.55 Å². The lowest BCUT2D eigenvalue weighted by atomic mass is 10.3. The molecule has 1 aromatic heterocycles. The zero-order valence-electron chi connectivity index (χ0n) is 12.0. The topological polar surface area (TPSA) is 39.1 Å². The molecule has 0 radical (unpaired) electrons. The van der Waals surface area contributed by atoms with E-state index in [1.165, 1.54) is 12.1 Å². The van der Waals surface area contributed by atoms with Gasteiger partial charge in [0.2, 0.25) is 5.95 Å². The highest BCUT2D eigenvalue weighted by Crippen LogP contribution is 2.34. The maximum absolute atomic E-state index is 13.3. The van der Waals surface area contributed by atoms with Gasteiger partial charge >= 0.3 is 0 Å². The number of hydrogen-bond acceptors (Lipinski definition) is 3. The molecule has 1 N–H and O–H groups in total. The molecular weight excluding hydrogens is 361 g/mol. The lowest BCUT2D eigenvalue weighted by Gasteiger charge is -2.17. The Hall–Kier alpha value is -1.11. The van der Waals surface area contributed by atoms with Crippen molar-refractivity contribution in [1.29, 1.82) is 0 Å². The first kappa shape index (κ1) is 16.3. The Morgan fingerprint density at radius 2 is 2.24 bits per heavy atom. The van der Waals surface area contributed by atoms with Crippen LogP contribution in [-0.4, -0.2) is 23.3 Å². The monoisotopic (exact) mass is 375 g/mol. The second kappa shape index (κ2) is 6.77. The number of methoxy groups -OCH3 is 1. The Bertz CT molecular complexity index is 624. The van der Waals surface area contributed by atoms with Crippen LogP contribution in [0.3, 0.4) is 0 Å². The van der Waals surface area contributed by atoms with Gasteiger partial charge in [0.1, 0.15) is 5.82 Å². The van der Waals surface area contributed by atoms with Gasteiger partial charge in [-0.2, -0.15) is 0 Å². The fourth-order valence-electron chi connectivity index (χ4n) is 2.04. The minimum absolute atomic E-state index is 0.108. The molecule has 0 spiro atoms. The van der Waals surface area contributed by atoms with Crippen molar-refractivity contribution in [3.63, 3.8) is 0 Å². The van der Waals surface area contributed by atoms with Crippen LogP contribution >= 0.6 is 27.5 Å². The summed E-state index contributed by atoms with van der Waals surface area (Å²) in [6, 6.07) is 2.72. The van der Waals surface area contributed by atoms with E-state index in [1.54, 1.807) is 7.11 Å². The van der Waals surface area contributed by atoms with Crippen molar-refractivity contribution in [3.8, 4) is 0 Å². The zero-order valence-corrected chi connectivity index (χ0v) is 14.3. The van der Waals surface area contributed by atoms with Gasteiger partial charge in [0.15, 0.2) is 0 Å². The number of anilines is 2. The number of hydrogen-bond donors (Lipinski definition) is 1. The molecule has 0 aliphatic carbocycles. The summed E-state index contributed by atoms with van der Waals surface area (Å²) in [6.07, 6.45) is 1.93. The van der Waals surface area contributed by atoms with Crippen LogP contribution in [0.2, 0.25) is 5.02 Å². The van der Waals surface area contributed by atoms with Crippen molar-refractivity contribution in [3.05, 3.63) is 39.3 Å². The first-order valence-electron chi connectivity index (χ1n) is 6.38. The highest BCUT2D eigenvalue weighted by molar-refractivity contribution is 9.10. The van der Waals surface area contributed by atoms with Crippen molar-refractivity contribution in [2.45, 2.75) is 19.9 Å². The third-order valence-electron chi connectivity index (χ3n) is 2.98. The van der Waals surface area contributed by atoms with Gasteiger partial charge in [-0.1, -0.05) is 11.6 Å². The standard InChI is InChI=1S/C14H16BrClFN3O/c1-8-6-20(9(2)7-21-3)14(18-8)19-13-11(15)4-10(17)5-12(13)16/h4-6,9H,7H2,1-3H3,(H,18,19). The number of nitrogens with zero attached hydrogens (tertiary/aromatic N) is 2. The molecule has 21 heavy (non-hydrogen) atoms. The quantitative estimate of drug-likeness (QED) is 0.822. The Labute approximate surface area is 136 Å². The van der Waals surface area contributed by atoms with Crippen LogP contribution in [0.4, 0.5) is 16.0 Å². The van der Waals surface area contributed by atoms with Crippen molar-refractivity contribution < 1.29 is 9.13 Å². The average molecular weight is 377 g/mol. The number of halogens is 3. The Morgan fingerprint density at radius 3 is 2.86 bits per heavy atom. The smallest absolute Gasteiger partial charge is 0.207 e. The zero-order chi connectivity index (χ0) is 15.6. The third kappa shape index (κ3) is 3.75. The lowest BCUT2D eigenvalue weighted by Crippen LogP contribution is -2.13. The first-order chi connectivity index (χ1) is 9.92. The number of aryl methyl sites for hydroxylation is 1. The molecule has 0 aliphatic rings. The molecule has 1 atom stereocenters. The Kier molecular flexibility index (Phi) is 5.24. The van der Waals surface area contributed by atoms with E-state index in [0.717, 1.165) is 5.69 Å². The molecule has 7 heteroatoms. The molecule has 2 aromatic rings. The first-order valence-corrected chi connectivity index (χ1v) is 7.55. The molecule has 1 heterocycles.